The van der Waals surface area contributed by atoms with Gasteiger partial charge >= 0.3 is 5.97 Å². The Hall–Kier alpha value is -1.57. The van der Waals surface area contributed by atoms with Crippen molar-refractivity contribution in [3.05, 3.63) is 41.5 Å². The highest BCUT2D eigenvalue weighted by atomic mass is 16.5. The predicted octanol–water partition coefficient (Wildman–Crippen LogP) is 3.04. The molecule has 1 aliphatic rings. The normalized spacial score (nSPS) is 22.3. The van der Waals surface area contributed by atoms with Crippen LogP contribution in [-0.4, -0.2) is 13.1 Å². The van der Waals surface area contributed by atoms with Crippen LogP contribution in [0.15, 0.2) is 35.9 Å². The zero-order valence-corrected chi connectivity index (χ0v) is 9.48. The zero-order valence-electron chi connectivity index (χ0n) is 9.48. The maximum atomic E-state index is 11.4. The van der Waals surface area contributed by atoms with Crippen molar-refractivity contribution in [3.63, 3.8) is 0 Å². The number of benzene rings is 1. The number of rotatable bonds is 2. The summed E-state index contributed by atoms with van der Waals surface area (Å²) in [7, 11) is 1.46. The fourth-order valence-electron chi connectivity index (χ4n) is 2.16. The lowest BCUT2D eigenvalue weighted by atomic mass is 10.1. The van der Waals surface area contributed by atoms with Gasteiger partial charge in [-0.1, -0.05) is 42.0 Å². The molecule has 0 heterocycles. The number of methoxy groups -OCH3 is 1. The van der Waals surface area contributed by atoms with Crippen molar-refractivity contribution in [3.8, 4) is 0 Å². The summed E-state index contributed by atoms with van der Waals surface area (Å²) in [4.78, 5) is 11.4. The quantitative estimate of drug-likeness (QED) is 0.710. The Kier molecular flexibility index (Phi) is 3.40. The molecule has 1 aliphatic carbocycles. The Balaban J connectivity index is 2.04. The average molecular weight is 216 g/mol. The molecule has 84 valence electrons. The van der Waals surface area contributed by atoms with Crippen LogP contribution < -0.4 is 0 Å². The molecule has 1 aromatic rings. The summed E-state index contributed by atoms with van der Waals surface area (Å²) >= 11 is 0. The first-order valence-corrected chi connectivity index (χ1v) is 5.62. The van der Waals surface area contributed by atoms with E-state index in [9.17, 15) is 4.79 Å². The van der Waals surface area contributed by atoms with Crippen molar-refractivity contribution in [1.29, 1.82) is 0 Å². The summed E-state index contributed by atoms with van der Waals surface area (Å²) in [5.74, 6) is -0.00331. The molecule has 2 heteroatoms. The number of hydrogen-bond acceptors (Lipinski definition) is 2. The number of allylic oxidation sites excluding steroid dienone is 1. The van der Waals surface area contributed by atoms with Gasteiger partial charge in [0.2, 0.25) is 0 Å². The summed E-state index contributed by atoms with van der Waals surface area (Å²) < 4.78 is 4.77. The van der Waals surface area contributed by atoms with Crippen molar-refractivity contribution >= 4 is 12.0 Å². The van der Waals surface area contributed by atoms with E-state index in [0.717, 1.165) is 19.3 Å². The molecular formula is C14H16O2. The largest absolute Gasteiger partial charge is 0.469 e. The number of carbonyl (C=O) groups is 1. The van der Waals surface area contributed by atoms with Gasteiger partial charge in [0.15, 0.2) is 0 Å². The topological polar surface area (TPSA) is 26.3 Å². The molecule has 0 aliphatic heterocycles. The van der Waals surface area contributed by atoms with Gasteiger partial charge in [-0.2, -0.15) is 0 Å². The molecule has 0 radical (unpaired) electrons. The van der Waals surface area contributed by atoms with Crippen molar-refractivity contribution in [2.45, 2.75) is 19.3 Å². The summed E-state index contributed by atoms with van der Waals surface area (Å²) in [6, 6.07) is 10.2. The van der Waals surface area contributed by atoms with Gasteiger partial charge in [0.1, 0.15) is 0 Å². The van der Waals surface area contributed by atoms with Gasteiger partial charge in [-0.15, -0.1) is 0 Å². The molecule has 1 unspecified atom stereocenters. The van der Waals surface area contributed by atoms with E-state index in [-0.39, 0.29) is 11.9 Å². The van der Waals surface area contributed by atoms with Crippen LogP contribution in [0.1, 0.15) is 24.8 Å². The van der Waals surface area contributed by atoms with Gasteiger partial charge < -0.3 is 4.74 Å². The zero-order chi connectivity index (χ0) is 11.4. The van der Waals surface area contributed by atoms with E-state index in [4.69, 9.17) is 4.74 Å². The molecule has 0 aromatic heterocycles. The summed E-state index contributed by atoms with van der Waals surface area (Å²) in [5, 5.41) is 0. The number of carbonyl (C=O) groups excluding carboxylic acids is 1. The van der Waals surface area contributed by atoms with Gasteiger partial charge in [-0.25, -0.2) is 0 Å². The van der Waals surface area contributed by atoms with Crippen LogP contribution >= 0.6 is 0 Å². The van der Waals surface area contributed by atoms with Gasteiger partial charge in [-0.05, 0) is 24.8 Å². The van der Waals surface area contributed by atoms with Gasteiger partial charge in [0, 0.05) is 0 Å². The Labute approximate surface area is 95.9 Å². The van der Waals surface area contributed by atoms with Crippen LogP contribution in [0.5, 0.6) is 0 Å². The molecular weight excluding hydrogens is 200 g/mol. The standard InChI is InChI=1S/C14H16O2/c1-16-14(15)13-8-7-12(10-13)9-11-5-3-2-4-6-11/h2-6,9,13H,7-8,10H2,1H3/b12-9-. The second kappa shape index (κ2) is 4.97. The lowest BCUT2D eigenvalue weighted by molar-refractivity contribution is -0.145. The first kappa shape index (κ1) is 10.9. The molecule has 2 rings (SSSR count). The summed E-state index contributed by atoms with van der Waals surface area (Å²) in [6.45, 7) is 0. The monoisotopic (exact) mass is 216 g/mol. The predicted molar refractivity (Wildman–Crippen MR) is 63.8 cm³/mol. The molecule has 1 aromatic carbocycles. The molecule has 16 heavy (non-hydrogen) atoms. The summed E-state index contributed by atoms with van der Waals surface area (Å²) in [6.07, 6.45) is 4.96. The lowest BCUT2D eigenvalue weighted by Crippen LogP contribution is -2.11. The summed E-state index contributed by atoms with van der Waals surface area (Å²) in [5.41, 5.74) is 2.56. The number of ether oxygens (including phenoxy) is 1. The minimum absolute atomic E-state index is 0.0694. The first-order valence-electron chi connectivity index (χ1n) is 5.62. The van der Waals surface area contributed by atoms with E-state index in [2.05, 4.69) is 18.2 Å². The molecule has 0 spiro atoms. The Morgan fingerprint density at radius 3 is 2.81 bits per heavy atom. The highest BCUT2D eigenvalue weighted by Crippen LogP contribution is 2.32. The average Bonchev–Trinajstić information content (AvgIpc) is 2.78. The smallest absolute Gasteiger partial charge is 0.308 e. The molecule has 2 nitrogen and oxygen atoms in total. The molecule has 0 N–H and O–H groups in total. The second-order valence-electron chi connectivity index (χ2n) is 4.18. The SMILES string of the molecule is COC(=O)C1CC/C(=C/c2ccccc2)C1. The highest BCUT2D eigenvalue weighted by molar-refractivity contribution is 5.74. The number of esters is 1. The molecule has 0 saturated heterocycles. The van der Waals surface area contributed by atoms with E-state index in [1.54, 1.807) is 0 Å². The van der Waals surface area contributed by atoms with Gasteiger partial charge in [-0.3, -0.25) is 4.79 Å². The Morgan fingerprint density at radius 1 is 1.38 bits per heavy atom. The van der Waals surface area contributed by atoms with Crippen LogP contribution in [0.2, 0.25) is 0 Å². The van der Waals surface area contributed by atoms with Crippen LogP contribution in [0.25, 0.3) is 6.08 Å². The van der Waals surface area contributed by atoms with Gasteiger partial charge in [0.05, 0.1) is 13.0 Å². The van der Waals surface area contributed by atoms with Crippen LogP contribution in [-0.2, 0) is 9.53 Å². The van der Waals surface area contributed by atoms with Crippen LogP contribution in [0.4, 0.5) is 0 Å². The highest BCUT2D eigenvalue weighted by Gasteiger charge is 2.26. The van der Waals surface area contributed by atoms with E-state index in [1.807, 2.05) is 18.2 Å². The third-order valence-electron chi connectivity index (χ3n) is 3.03. The maximum absolute atomic E-state index is 11.4. The number of hydrogen-bond donors (Lipinski definition) is 0. The van der Waals surface area contributed by atoms with Crippen molar-refractivity contribution in [2.24, 2.45) is 5.92 Å². The molecule has 0 bridgehead atoms. The van der Waals surface area contributed by atoms with Crippen molar-refractivity contribution in [1.82, 2.24) is 0 Å². The molecule has 1 atom stereocenters. The molecule has 1 fully saturated rings. The molecule has 1 saturated carbocycles. The van der Waals surface area contributed by atoms with E-state index < -0.39 is 0 Å². The fourth-order valence-corrected chi connectivity index (χ4v) is 2.16. The Bertz CT molecular complexity index is 392. The van der Waals surface area contributed by atoms with E-state index in [1.165, 1.54) is 18.2 Å². The Morgan fingerprint density at radius 2 is 2.12 bits per heavy atom. The second-order valence-corrected chi connectivity index (χ2v) is 4.18. The van der Waals surface area contributed by atoms with Crippen LogP contribution in [0.3, 0.4) is 0 Å². The molecule has 0 amide bonds. The minimum atomic E-state index is -0.0727. The van der Waals surface area contributed by atoms with Crippen LogP contribution in [0, 0.1) is 5.92 Å². The minimum Gasteiger partial charge on any atom is -0.469 e. The maximum Gasteiger partial charge on any atom is 0.308 e. The van der Waals surface area contributed by atoms with E-state index >= 15 is 0 Å². The lowest BCUT2D eigenvalue weighted by Gasteiger charge is -2.04. The van der Waals surface area contributed by atoms with Crippen molar-refractivity contribution < 1.29 is 9.53 Å². The van der Waals surface area contributed by atoms with Gasteiger partial charge in [0.25, 0.3) is 0 Å². The van der Waals surface area contributed by atoms with E-state index in [0.29, 0.717) is 0 Å². The third kappa shape index (κ3) is 2.51. The third-order valence-corrected chi connectivity index (χ3v) is 3.03. The fraction of sp³-hybridized carbons (Fsp3) is 0.357. The van der Waals surface area contributed by atoms with Crippen molar-refractivity contribution in [2.75, 3.05) is 7.11 Å². The first-order chi connectivity index (χ1) is 7.79.